The summed E-state index contributed by atoms with van der Waals surface area (Å²) < 4.78 is 14.1. The molecule has 0 aliphatic carbocycles. The van der Waals surface area contributed by atoms with E-state index in [9.17, 15) is 0 Å². The first-order chi connectivity index (χ1) is 3.35. The van der Waals surface area contributed by atoms with Crippen LogP contribution in [0.15, 0.2) is 0 Å². The van der Waals surface area contributed by atoms with Gasteiger partial charge >= 0.3 is 9.53 Å². The Morgan fingerprint density at radius 1 is 1.00 bits per heavy atom. The van der Waals surface area contributed by atoms with Gasteiger partial charge in [-0.2, -0.15) is 0 Å². The van der Waals surface area contributed by atoms with E-state index in [4.69, 9.17) is 13.3 Å². The van der Waals surface area contributed by atoms with Gasteiger partial charge in [0.1, 0.15) is 0 Å². The summed E-state index contributed by atoms with van der Waals surface area (Å²) in [7, 11) is 3.31. The molecule has 0 aromatic heterocycles. The van der Waals surface area contributed by atoms with Crippen LogP contribution in [-0.4, -0.2) is 30.9 Å². The molecule has 7 heavy (non-hydrogen) atoms. The van der Waals surface area contributed by atoms with E-state index in [-0.39, 0.29) is 1.43 Å². The molecule has 4 heteroatoms. The van der Waals surface area contributed by atoms with E-state index < -0.39 is 9.53 Å². The summed E-state index contributed by atoms with van der Waals surface area (Å²) in [6.07, 6.45) is 0. The lowest BCUT2D eigenvalue weighted by molar-refractivity contribution is 0.163. The average molecular weight is 123 g/mol. The van der Waals surface area contributed by atoms with Crippen molar-refractivity contribution in [3.63, 3.8) is 0 Å². The van der Waals surface area contributed by atoms with Crippen LogP contribution in [0, 0.1) is 0 Å². The second-order valence-corrected chi connectivity index (χ2v) is 2.59. The Morgan fingerprint density at radius 2 is 1.29 bits per heavy atom. The minimum Gasteiger partial charge on any atom is -0.375 e. The molecular formula is C3H11O3Si. The summed E-state index contributed by atoms with van der Waals surface area (Å²) in [6.45, 7) is 0. The topological polar surface area (TPSA) is 27.7 Å². The Balaban J connectivity index is 0. The third kappa shape index (κ3) is 2.75. The van der Waals surface area contributed by atoms with Crippen LogP contribution >= 0.6 is 0 Å². The van der Waals surface area contributed by atoms with Gasteiger partial charge < -0.3 is 13.3 Å². The first-order valence-electron chi connectivity index (χ1n) is 1.84. The van der Waals surface area contributed by atoms with Crippen molar-refractivity contribution in [1.82, 2.24) is 0 Å². The van der Waals surface area contributed by atoms with Gasteiger partial charge in [0, 0.05) is 22.8 Å². The first-order valence-corrected chi connectivity index (χ1v) is 3.06. The van der Waals surface area contributed by atoms with E-state index in [1.807, 2.05) is 0 Å². The molecular weight excluding hydrogens is 112 g/mol. The third-order valence-electron chi connectivity index (χ3n) is 0.500. The van der Waals surface area contributed by atoms with Crippen LogP contribution in [-0.2, 0) is 13.3 Å². The molecule has 0 aromatic rings. The fourth-order valence-electron chi connectivity index (χ4n) is 0.250. The summed E-state index contributed by atoms with van der Waals surface area (Å²) in [5.74, 6) is 0. The molecule has 0 amide bonds. The molecule has 0 atom stereocenters. The molecule has 45 valence electrons. The highest BCUT2D eigenvalue weighted by Gasteiger charge is 2.09. The Bertz CT molecular complexity index is 36.0. The lowest BCUT2D eigenvalue weighted by Gasteiger charge is -2.02. The molecule has 0 saturated heterocycles. The molecule has 0 N–H and O–H groups in total. The lowest BCUT2D eigenvalue weighted by Crippen LogP contribution is -2.21. The maximum atomic E-state index is 4.71. The second-order valence-electron chi connectivity index (χ2n) is 0.862. The van der Waals surface area contributed by atoms with E-state index in [0.29, 0.717) is 0 Å². The average Bonchev–Trinajstić information content (AvgIpc) is 1.72. The molecule has 1 radical (unpaired) electrons. The van der Waals surface area contributed by atoms with E-state index in [0.717, 1.165) is 0 Å². The zero-order valence-electron chi connectivity index (χ0n) is 4.72. The fourth-order valence-corrected chi connectivity index (χ4v) is 0.750. The predicted octanol–water partition coefficient (Wildman–Crippen LogP) is 0.156. The van der Waals surface area contributed by atoms with Crippen molar-refractivity contribution in [2.24, 2.45) is 0 Å². The summed E-state index contributed by atoms with van der Waals surface area (Å²) in [4.78, 5) is 0. The van der Waals surface area contributed by atoms with E-state index >= 15 is 0 Å². The van der Waals surface area contributed by atoms with Crippen molar-refractivity contribution >= 4 is 9.53 Å². The smallest absolute Gasteiger partial charge is 0.375 e. The summed E-state index contributed by atoms with van der Waals surface area (Å²) in [5.41, 5.74) is 0. The monoisotopic (exact) mass is 123 g/mol. The van der Waals surface area contributed by atoms with Crippen molar-refractivity contribution < 1.29 is 14.7 Å². The van der Waals surface area contributed by atoms with Crippen LogP contribution in [0.3, 0.4) is 0 Å². The van der Waals surface area contributed by atoms with Gasteiger partial charge in [0.05, 0.1) is 0 Å². The first kappa shape index (κ1) is 7.10. The van der Waals surface area contributed by atoms with Gasteiger partial charge in [0.25, 0.3) is 0 Å². The maximum absolute atomic E-state index is 4.71. The molecule has 0 bridgehead atoms. The highest BCUT2D eigenvalue weighted by Crippen LogP contribution is 1.81. The quantitative estimate of drug-likeness (QED) is 0.500. The highest BCUT2D eigenvalue weighted by molar-refractivity contribution is 6.36. The largest absolute Gasteiger partial charge is 0.576 e. The van der Waals surface area contributed by atoms with E-state index in [1.54, 1.807) is 21.3 Å². The Morgan fingerprint density at radius 3 is 1.29 bits per heavy atom. The molecule has 0 unspecified atom stereocenters. The van der Waals surface area contributed by atoms with Crippen LogP contribution in [0.1, 0.15) is 1.43 Å². The maximum Gasteiger partial charge on any atom is 0.576 e. The summed E-state index contributed by atoms with van der Waals surface area (Å²) in [6, 6.07) is 0. The van der Waals surface area contributed by atoms with E-state index in [1.165, 1.54) is 0 Å². The van der Waals surface area contributed by atoms with Crippen molar-refractivity contribution in [1.29, 1.82) is 0 Å². The van der Waals surface area contributed by atoms with Crippen LogP contribution in [0.5, 0.6) is 0 Å². The molecule has 0 saturated carbocycles. The van der Waals surface area contributed by atoms with E-state index in [2.05, 4.69) is 0 Å². The van der Waals surface area contributed by atoms with Gasteiger partial charge in [-0.1, -0.05) is 0 Å². The van der Waals surface area contributed by atoms with Gasteiger partial charge in [0.2, 0.25) is 0 Å². The third-order valence-corrected chi connectivity index (χ3v) is 1.50. The van der Waals surface area contributed by atoms with Gasteiger partial charge in [-0.15, -0.1) is 0 Å². The number of hydrogen-bond donors (Lipinski definition) is 0. The zero-order valence-corrected chi connectivity index (χ0v) is 5.72. The highest BCUT2D eigenvalue weighted by atomic mass is 28.3. The Kier molecular flexibility index (Phi) is 4.32. The molecule has 0 aliphatic heterocycles. The molecule has 0 spiro atoms. The number of rotatable bonds is 3. The molecule has 0 aliphatic rings. The van der Waals surface area contributed by atoms with Crippen LogP contribution in [0.2, 0.25) is 0 Å². The zero-order chi connectivity index (χ0) is 5.70. The second kappa shape index (κ2) is 4.26. The van der Waals surface area contributed by atoms with Crippen molar-refractivity contribution in [2.45, 2.75) is 0 Å². The Labute approximate surface area is 46.6 Å². The van der Waals surface area contributed by atoms with Gasteiger partial charge in [0.15, 0.2) is 0 Å². The van der Waals surface area contributed by atoms with Crippen molar-refractivity contribution in [3.05, 3.63) is 0 Å². The van der Waals surface area contributed by atoms with Gasteiger partial charge in [-0.05, 0) is 0 Å². The molecule has 0 rings (SSSR count). The van der Waals surface area contributed by atoms with Gasteiger partial charge in [-0.25, -0.2) is 0 Å². The standard InChI is InChI=1S/C3H9O3Si.H2/c1-4-7(5-2)6-3;/h1-3H3;1H. The lowest BCUT2D eigenvalue weighted by atomic mass is 11.8. The van der Waals surface area contributed by atoms with Crippen molar-refractivity contribution in [2.75, 3.05) is 21.3 Å². The summed E-state index contributed by atoms with van der Waals surface area (Å²) >= 11 is 0. The molecule has 0 heterocycles. The molecule has 3 nitrogen and oxygen atoms in total. The van der Waals surface area contributed by atoms with Gasteiger partial charge in [-0.3, -0.25) is 0 Å². The summed E-state index contributed by atoms with van der Waals surface area (Å²) in [5, 5.41) is 0. The van der Waals surface area contributed by atoms with Crippen LogP contribution < -0.4 is 0 Å². The minimum absolute atomic E-state index is 0. The SMILES string of the molecule is CO[Si](OC)OC.[HH]. The predicted molar refractivity (Wildman–Crippen MR) is 28.9 cm³/mol. The van der Waals surface area contributed by atoms with Crippen LogP contribution in [0.4, 0.5) is 0 Å². The van der Waals surface area contributed by atoms with Crippen LogP contribution in [0.25, 0.3) is 0 Å². The fraction of sp³-hybridized carbons (Fsp3) is 1.00. The normalized spacial score (nSPS) is 10.3. The molecule has 0 fully saturated rings. The minimum atomic E-state index is -1.36. The van der Waals surface area contributed by atoms with Crippen molar-refractivity contribution in [3.8, 4) is 0 Å². The number of hydrogen-bond acceptors (Lipinski definition) is 3. The molecule has 0 aromatic carbocycles. The Hall–Kier alpha value is 0.0969.